The van der Waals surface area contributed by atoms with Gasteiger partial charge in [-0.25, -0.2) is 4.79 Å². The molecule has 0 aliphatic carbocycles. The van der Waals surface area contributed by atoms with Gasteiger partial charge in [0.2, 0.25) is 5.91 Å². The van der Waals surface area contributed by atoms with Crippen molar-refractivity contribution in [2.24, 2.45) is 5.92 Å². The zero-order valence-electron chi connectivity index (χ0n) is 17.6. The van der Waals surface area contributed by atoms with E-state index in [1.807, 2.05) is 47.6 Å². The van der Waals surface area contributed by atoms with Crippen LogP contribution in [0, 0.1) is 5.92 Å². The van der Waals surface area contributed by atoms with E-state index in [0.717, 1.165) is 17.7 Å². The molecular weight excluding hydrogens is 380 g/mol. The Morgan fingerprint density at radius 2 is 1.77 bits per heavy atom. The standard InChI is InChI=1S/C23H28N4O3/c1-14(2)24-23(30)26-11-16-10-18(13-26)21-9-8-20(22(29)27(21)12-16)17-4-6-19(7-5-17)25-15(3)28/h4-9,14,16,18H,10-13H2,1-3H3,(H,24,30)(H,25,28)/t16-,18-/m1/s1. The van der Waals surface area contributed by atoms with Crippen molar-refractivity contribution in [2.45, 2.75) is 45.7 Å². The Kier molecular flexibility index (Phi) is 5.37. The molecule has 0 spiro atoms. The first-order valence-corrected chi connectivity index (χ1v) is 10.5. The third kappa shape index (κ3) is 3.97. The number of hydrogen-bond donors (Lipinski definition) is 2. The minimum atomic E-state index is -0.126. The fourth-order valence-corrected chi connectivity index (χ4v) is 4.61. The number of urea groups is 1. The van der Waals surface area contributed by atoms with Crippen LogP contribution >= 0.6 is 0 Å². The molecule has 30 heavy (non-hydrogen) atoms. The van der Waals surface area contributed by atoms with Crippen LogP contribution in [0.15, 0.2) is 41.2 Å². The van der Waals surface area contributed by atoms with Crippen molar-refractivity contribution in [1.82, 2.24) is 14.8 Å². The number of carbonyl (C=O) groups is 2. The van der Waals surface area contributed by atoms with Gasteiger partial charge in [0.25, 0.3) is 5.56 Å². The molecule has 0 saturated carbocycles. The van der Waals surface area contributed by atoms with Gasteiger partial charge in [-0.2, -0.15) is 0 Å². The van der Waals surface area contributed by atoms with Gasteiger partial charge in [-0.15, -0.1) is 0 Å². The van der Waals surface area contributed by atoms with E-state index in [-0.39, 0.29) is 35.4 Å². The van der Waals surface area contributed by atoms with Crippen LogP contribution in [0.25, 0.3) is 11.1 Å². The minimum Gasteiger partial charge on any atom is -0.336 e. The molecule has 1 saturated heterocycles. The number of likely N-dealkylation sites (tertiary alicyclic amines) is 1. The zero-order chi connectivity index (χ0) is 21.4. The highest BCUT2D eigenvalue weighted by Crippen LogP contribution is 2.35. The monoisotopic (exact) mass is 408 g/mol. The zero-order valence-corrected chi connectivity index (χ0v) is 17.6. The largest absolute Gasteiger partial charge is 0.336 e. The summed E-state index contributed by atoms with van der Waals surface area (Å²) in [6.45, 7) is 7.33. The van der Waals surface area contributed by atoms with E-state index in [1.165, 1.54) is 6.92 Å². The number of nitrogens with zero attached hydrogens (tertiary/aromatic N) is 2. The van der Waals surface area contributed by atoms with Crippen molar-refractivity contribution in [3.8, 4) is 11.1 Å². The summed E-state index contributed by atoms with van der Waals surface area (Å²) >= 11 is 0. The molecule has 3 amide bonds. The third-order valence-electron chi connectivity index (χ3n) is 5.82. The van der Waals surface area contributed by atoms with Gasteiger partial charge in [-0.3, -0.25) is 9.59 Å². The van der Waals surface area contributed by atoms with Gasteiger partial charge < -0.3 is 20.1 Å². The normalized spacial score (nSPS) is 19.9. The Balaban J connectivity index is 1.60. The van der Waals surface area contributed by atoms with Crippen molar-refractivity contribution in [2.75, 3.05) is 18.4 Å². The van der Waals surface area contributed by atoms with Crippen LogP contribution in [0.2, 0.25) is 0 Å². The fraction of sp³-hybridized carbons (Fsp3) is 0.435. The van der Waals surface area contributed by atoms with Crippen LogP contribution < -0.4 is 16.2 Å². The summed E-state index contributed by atoms with van der Waals surface area (Å²) in [5.41, 5.74) is 3.21. The van der Waals surface area contributed by atoms with Crippen molar-refractivity contribution in [3.05, 3.63) is 52.4 Å². The van der Waals surface area contributed by atoms with Gasteiger partial charge >= 0.3 is 6.03 Å². The number of fused-ring (bicyclic) bond motifs is 4. The predicted octanol–water partition coefficient (Wildman–Crippen LogP) is 3.01. The SMILES string of the molecule is CC(=O)Nc1ccc(-c2ccc3n(c2=O)C[C@@H]2C[C@@H]3CN(C(=O)NC(C)C)C2)cc1. The highest BCUT2D eigenvalue weighted by Gasteiger charge is 2.36. The molecule has 2 aliphatic rings. The lowest BCUT2D eigenvalue weighted by Gasteiger charge is -2.43. The summed E-state index contributed by atoms with van der Waals surface area (Å²) in [5.74, 6) is 0.336. The molecule has 0 unspecified atom stereocenters. The number of aromatic nitrogens is 1. The van der Waals surface area contributed by atoms with Gasteiger partial charge in [0.05, 0.1) is 0 Å². The topological polar surface area (TPSA) is 83.4 Å². The number of nitrogens with one attached hydrogen (secondary N) is 2. The molecule has 2 aromatic rings. The van der Waals surface area contributed by atoms with Gasteiger partial charge in [0, 0.05) is 55.5 Å². The summed E-state index contributed by atoms with van der Waals surface area (Å²) in [4.78, 5) is 38.8. The number of amides is 3. The molecule has 1 aromatic heterocycles. The van der Waals surface area contributed by atoms with Crippen molar-refractivity contribution >= 4 is 17.6 Å². The highest BCUT2D eigenvalue weighted by atomic mass is 16.2. The molecule has 158 valence electrons. The van der Waals surface area contributed by atoms with E-state index in [1.54, 1.807) is 12.1 Å². The molecule has 2 aliphatic heterocycles. The van der Waals surface area contributed by atoms with Crippen molar-refractivity contribution in [1.29, 1.82) is 0 Å². The van der Waals surface area contributed by atoms with Gasteiger partial charge in [0.1, 0.15) is 0 Å². The number of hydrogen-bond acceptors (Lipinski definition) is 3. The van der Waals surface area contributed by atoms with Crippen molar-refractivity contribution in [3.63, 3.8) is 0 Å². The average Bonchev–Trinajstić information content (AvgIpc) is 2.68. The van der Waals surface area contributed by atoms with Crippen LogP contribution in [-0.2, 0) is 11.3 Å². The lowest BCUT2D eigenvalue weighted by atomic mass is 9.83. The lowest BCUT2D eigenvalue weighted by Crippen LogP contribution is -2.52. The van der Waals surface area contributed by atoms with E-state index in [9.17, 15) is 14.4 Å². The lowest BCUT2D eigenvalue weighted by molar-refractivity contribution is -0.114. The average molecular weight is 409 g/mol. The predicted molar refractivity (Wildman–Crippen MR) is 117 cm³/mol. The second-order valence-corrected chi connectivity index (χ2v) is 8.65. The quantitative estimate of drug-likeness (QED) is 0.819. The first-order chi connectivity index (χ1) is 14.3. The van der Waals surface area contributed by atoms with Crippen molar-refractivity contribution < 1.29 is 9.59 Å². The van der Waals surface area contributed by atoms with Crippen LogP contribution in [-0.4, -0.2) is 40.5 Å². The molecule has 7 heteroatoms. The Morgan fingerprint density at radius 1 is 1.03 bits per heavy atom. The summed E-state index contributed by atoms with van der Waals surface area (Å²) in [6, 6.07) is 11.3. The Morgan fingerprint density at radius 3 is 2.43 bits per heavy atom. The highest BCUT2D eigenvalue weighted by molar-refractivity contribution is 5.89. The third-order valence-corrected chi connectivity index (χ3v) is 5.82. The Labute approximate surface area is 176 Å². The number of anilines is 1. The second-order valence-electron chi connectivity index (χ2n) is 8.65. The van der Waals surface area contributed by atoms with Crippen LogP contribution in [0.5, 0.6) is 0 Å². The molecule has 2 atom stereocenters. The van der Waals surface area contributed by atoms with Crippen LogP contribution in [0.3, 0.4) is 0 Å². The van der Waals surface area contributed by atoms with E-state index < -0.39 is 0 Å². The maximum Gasteiger partial charge on any atom is 0.317 e. The summed E-state index contributed by atoms with van der Waals surface area (Å²) in [7, 11) is 0. The summed E-state index contributed by atoms with van der Waals surface area (Å²) in [5, 5.41) is 5.72. The van der Waals surface area contributed by atoms with Gasteiger partial charge in [-0.1, -0.05) is 12.1 Å². The molecule has 2 bridgehead atoms. The molecule has 7 nitrogen and oxygen atoms in total. The maximum atomic E-state index is 13.3. The van der Waals surface area contributed by atoms with Crippen LogP contribution in [0.4, 0.5) is 10.5 Å². The minimum absolute atomic E-state index is 0.00885. The van der Waals surface area contributed by atoms with E-state index in [2.05, 4.69) is 10.6 Å². The Hall–Kier alpha value is -3.09. The molecule has 1 aromatic carbocycles. The molecule has 4 rings (SSSR count). The fourth-order valence-electron chi connectivity index (χ4n) is 4.61. The molecule has 0 radical (unpaired) electrons. The summed E-state index contributed by atoms with van der Waals surface area (Å²) < 4.78 is 1.90. The molecular formula is C23H28N4O3. The molecule has 1 fully saturated rings. The number of piperidine rings is 1. The number of benzene rings is 1. The van der Waals surface area contributed by atoms with E-state index >= 15 is 0 Å². The first kappa shape index (κ1) is 20.2. The molecule has 2 N–H and O–H groups in total. The second kappa shape index (κ2) is 7.97. The Bertz CT molecular complexity index is 1030. The van der Waals surface area contributed by atoms with Crippen LogP contribution in [0.1, 0.15) is 38.8 Å². The summed E-state index contributed by atoms with van der Waals surface area (Å²) in [6.07, 6.45) is 1.01. The number of rotatable bonds is 3. The van der Waals surface area contributed by atoms with E-state index in [0.29, 0.717) is 30.9 Å². The van der Waals surface area contributed by atoms with Gasteiger partial charge in [-0.05, 0) is 56.0 Å². The van der Waals surface area contributed by atoms with E-state index in [4.69, 9.17) is 0 Å². The smallest absolute Gasteiger partial charge is 0.317 e. The number of carbonyl (C=O) groups excluding carboxylic acids is 2. The molecule has 3 heterocycles. The first-order valence-electron chi connectivity index (χ1n) is 10.5. The van der Waals surface area contributed by atoms with Gasteiger partial charge in [0.15, 0.2) is 0 Å². The number of pyridine rings is 1. The maximum absolute atomic E-state index is 13.3.